The average Bonchev–Trinajstić information content (AvgIpc) is 2.56. The first-order valence-electron chi connectivity index (χ1n) is 8.35. The lowest BCUT2D eigenvalue weighted by atomic mass is 9.91. The molecule has 0 unspecified atom stereocenters. The van der Waals surface area contributed by atoms with E-state index in [2.05, 4.69) is 10.3 Å². The van der Waals surface area contributed by atoms with Crippen molar-refractivity contribution < 1.29 is 9.59 Å². The molecule has 23 heavy (non-hydrogen) atoms. The second-order valence-electron chi connectivity index (χ2n) is 6.14. The third kappa shape index (κ3) is 6.26. The van der Waals surface area contributed by atoms with E-state index in [1.54, 1.807) is 12.4 Å². The second kappa shape index (κ2) is 9.12. The number of aromatic nitrogens is 1. The topological polar surface area (TPSA) is 88.3 Å². The summed E-state index contributed by atoms with van der Waals surface area (Å²) in [5, 5.41) is 2.61. The molecule has 2 rings (SSSR count). The van der Waals surface area contributed by atoms with Gasteiger partial charge in [-0.25, -0.2) is 4.79 Å². The number of carbonyl (C=O) groups is 2. The van der Waals surface area contributed by atoms with Gasteiger partial charge < -0.3 is 16.0 Å². The minimum absolute atomic E-state index is 0.209. The number of hydrogen-bond acceptors (Lipinski definition) is 3. The van der Waals surface area contributed by atoms with Gasteiger partial charge in [0.15, 0.2) is 0 Å². The lowest BCUT2D eigenvalue weighted by Gasteiger charge is -2.32. The van der Waals surface area contributed by atoms with Crippen molar-refractivity contribution in [3.63, 3.8) is 0 Å². The van der Waals surface area contributed by atoms with Gasteiger partial charge in [0, 0.05) is 32.0 Å². The third-order valence-electron chi connectivity index (χ3n) is 4.41. The van der Waals surface area contributed by atoms with E-state index in [4.69, 9.17) is 5.73 Å². The SMILES string of the molecule is NC(=O)NCCCCC1CCN(C(=O)Cc2ccncc2)CC1. The molecule has 0 atom stereocenters. The lowest BCUT2D eigenvalue weighted by Crippen LogP contribution is -2.39. The molecule has 0 spiro atoms. The Labute approximate surface area is 137 Å². The number of unbranched alkanes of at least 4 members (excludes halogenated alkanes) is 1. The van der Waals surface area contributed by atoms with Crippen molar-refractivity contribution in [1.29, 1.82) is 0 Å². The van der Waals surface area contributed by atoms with Crippen LogP contribution in [0.3, 0.4) is 0 Å². The Morgan fingerprint density at radius 2 is 1.91 bits per heavy atom. The highest BCUT2D eigenvalue weighted by molar-refractivity contribution is 5.78. The summed E-state index contributed by atoms with van der Waals surface area (Å²) >= 11 is 0. The van der Waals surface area contributed by atoms with Crippen LogP contribution >= 0.6 is 0 Å². The summed E-state index contributed by atoms with van der Waals surface area (Å²) in [5.74, 6) is 0.897. The molecule has 0 aromatic carbocycles. The van der Waals surface area contributed by atoms with Crippen LogP contribution in [-0.4, -0.2) is 41.5 Å². The number of piperidine rings is 1. The van der Waals surface area contributed by atoms with Gasteiger partial charge in [0.05, 0.1) is 6.42 Å². The number of hydrogen-bond donors (Lipinski definition) is 2. The van der Waals surface area contributed by atoms with E-state index in [1.807, 2.05) is 17.0 Å². The zero-order valence-corrected chi connectivity index (χ0v) is 13.5. The Morgan fingerprint density at radius 3 is 2.57 bits per heavy atom. The molecule has 0 bridgehead atoms. The number of nitrogens with one attached hydrogen (secondary N) is 1. The van der Waals surface area contributed by atoms with E-state index in [0.29, 0.717) is 18.9 Å². The zero-order chi connectivity index (χ0) is 16.5. The van der Waals surface area contributed by atoms with Crippen LogP contribution in [0.5, 0.6) is 0 Å². The number of amides is 3. The first-order chi connectivity index (χ1) is 11.1. The minimum atomic E-state index is -0.453. The van der Waals surface area contributed by atoms with Gasteiger partial charge in [0.2, 0.25) is 5.91 Å². The Kier molecular flexibility index (Phi) is 6.84. The predicted molar refractivity (Wildman–Crippen MR) is 88.7 cm³/mol. The highest BCUT2D eigenvalue weighted by Gasteiger charge is 2.22. The first kappa shape index (κ1) is 17.2. The Hall–Kier alpha value is -2.11. The van der Waals surface area contributed by atoms with Gasteiger partial charge in [-0.15, -0.1) is 0 Å². The molecule has 6 heteroatoms. The summed E-state index contributed by atoms with van der Waals surface area (Å²) in [5.41, 5.74) is 6.05. The predicted octanol–water partition coefficient (Wildman–Crippen LogP) is 1.70. The number of pyridine rings is 1. The number of rotatable bonds is 7. The van der Waals surface area contributed by atoms with E-state index in [-0.39, 0.29) is 5.91 Å². The molecule has 1 aliphatic rings. The van der Waals surface area contributed by atoms with Gasteiger partial charge in [-0.2, -0.15) is 0 Å². The van der Waals surface area contributed by atoms with Crippen molar-refractivity contribution in [3.05, 3.63) is 30.1 Å². The highest BCUT2D eigenvalue weighted by Crippen LogP contribution is 2.23. The number of likely N-dealkylation sites (tertiary alicyclic amines) is 1. The lowest BCUT2D eigenvalue weighted by molar-refractivity contribution is -0.131. The van der Waals surface area contributed by atoms with Crippen LogP contribution in [0, 0.1) is 5.92 Å². The number of primary amides is 1. The number of nitrogens with zero attached hydrogens (tertiary/aromatic N) is 2. The van der Waals surface area contributed by atoms with Crippen molar-refractivity contribution in [3.8, 4) is 0 Å². The zero-order valence-electron chi connectivity index (χ0n) is 13.5. The highest BCUT2D eigenvalue weighted by atomic mass is 16.2. The number of carbonyl (C=O) groups excluding carboxylic acids is 2. The fourth-order valence-electron chi connectivity index (χ4n) is 3.03. The Bertz CT molecular complexity index is 499. The van der Waals surface area contributed by atoms with Crippen LogP contribution in [0.1, 0.15) is 37.7 Å². The molecular formula is C17H26N4O2. The molecule has 1 aromatic rings. The standard InChI is InChI=1S/C17H26N4O2/c18-17(23)20-8-2-1-3-14-6-11-21(12-7-14)16(22)13-15-4-9-19-10-5-15/h4-5,9-10,14H,1-3,6-8,11-13H2,(H3,18,20,23). The normalized spacial score (nSPS) is 15.4. The van der Waals surface area contributed by atoms with Crippen molar-refractivity contribution in [1.82, 2.24) is 15.2 Å². The van der Waals surface area contributed by atoms with Crippen LogP contribution in [0.15, 0.2) is 24.5 Å². The molecule has 2 heterocycles. The quantitative estimate of drug-likeness (QED) is 0.750. The van der Waals surface area contributed by atoms with E-state index in [0.717, 1.165) is 50.8 Å². The van der Waals surface area contributed by atoms with E-state index in [1.165, 1.54) is 0 Å². The van der Waals surface area contributed by atoms with Crippen LogP contribution in [0.25, 0.3) is 0 Å². The van der Waals surface area contributed by atoms with Gasteiger partial charge in [0.25, 0.3) is 0 Å². The van der Waals surface area contributed by atoms with E-state index >= 15 is 0 Å². The van der Waals surface area contributed by atoms with Crippen LogP contribution < -0.4 is 11.1 Å². The largest absolute Gasteiger partial charge is 0.352 e. The maximum absolute atomic E-state index is 12.3. The molecule has 1 aromatic heterocycles. The van der Waals surface area contributed by atoms with Crippen LogP contribution in [0.2, 0.25) is 0 Å². The first-order valence-corrected chi connectivity index (χ1v) is 8.35. The molecular weight excluding hydrogens is 292 g/mol. The molecule has 1 fully saturated rings. The minimum Gasteiger partial charge on any atom is -0.352 e. The van der Waals surface area contributed by atoms with Crippen LogP contribution in [0.4, 0.5) is 4.79 Å². The van der Waals surface area contributed by atoms with Gasteiger partial charge in [0.1, 0.15) is 0 Å². The summed E-state index contributed by atoms with van der Waals surface area (Å²) in [4.78, 5) is 28.8. The smallest absolute Gasteiger partial charge is 0.312 e. The molecule has 3 amide bonds. The van der Waals surface area contributed by atoms with Crippen LogP contribution in [-0.2, 0) is 11.2 Å². The Balaban J connectivity index is 1.61. The summed E-state index contributed by atoms with van der Waals surface area (Å²) in [6, 6.07) is 3.33. The Morgan fingerprint density at radius 1 is 1.22 bits per heavy atom. The molecule has 3 N–H and O–H groups in total. The fraction of sp³-hybridized carbons (Fsp3) is 0.588. The summed E-state index contributed by atoms with van der Waals surface area (Å²) in [6.07, 6.45) is 9.28. The maximum atomic E-state index is 12.3. The van der Waals surface area contributed by atoms with E-state index in [9.17, 15) is 9.59 Å². The number of urea groups is 1. The van der Waals surface area contributed by atoms with E-state index < -0.39 is 6.03 Å². The molecule has 1 aliphatic heterocycles. The van der Waals surface area contributed by atoms with Crippen molar-refractivity contribution in [2.45, 2.75) is 38.5 Å². The number of nitrogens with two attached hydrogens (primary N) is 1. The molecule has 6 nitrogen and oxygen atoms in total. The second-order valence-corrected chi connectivity index (χ2v) is 6.14. The fourth-order valence-corrected chi connectivity index (χ4v) is 3.03. The maximum Gasteiger partial charge on any atom is 0.312 e. The molecule has 126 valence electrons. The van der Waals surface area contributed by atoms with Gasteiger partial charge in [-0.1, -0.05) is 12.8 Å². The van der Waals surface area contributed by atoms with Gasteiger partial charge in [-0.3, -0.25) is 9.78 Å². The molecule has 0 radical (unpaired) electrons. The molecule has 0 saturated carbocycles. The van der Waals surface area contributed by atoms with Crippen molar-refractivity contribution >= 4 is 11.9 Å². The monoisotopic (exact) mass is 318 g/mol. The van der Waals surface area contributed by atoms with Crippen molar-refractivity contribution in [2.75, 3.05) is 19.6 Å². The van der Waals surface area contributed by atoms with Gasteiger partial charge in [-0.05, 0) is 42.9 Å². The average molecular weight is 318 g/mol. The summed E-state index contributed by atoms with van der Waals surface area (Å²) in [7, 11) is 0. The molecule has 0 aliphatic carbocycles. The van der Waals surface area contributed by atoms with Gasteiger partial charge >= 0.3 is 6.03 Å². The third-order valence-corrected chi connectivity index (χ3v) is 4.41. The summed E-state index contributed by atoms with van der Waals surface area (Å²) < 4.78 is 0. The molecule has 1 saturated heterocycles. The summed E-state index contributed by atoms with van der Waals surface area (Å²) in [6.45, 7) is 2.36. The van der Waals surface area contributed by atoms with Crippen molar-refractivity contribution in [2.24, 2.45) is 11.7 Å².